The third-order valence-corrected chi connectivity index (χ3v) is 5.29. The molecule has 0 saturated carbocycles. The molecule has 2 rings (SSSR count). The zero-order valence-corrected chi connectivity index (χ0v) is 16.6. The zero-order chi connectivity index (χ0) is 15.0. The minimum atomic E-state index is 0. The van der Waals surface area contributed by atoms with Gasteiger partial charge in [0, 0.05) is 31.4 Å². The van der Waals surface area contributed by atoms with Gasteiger partial charge in [0.05, 0.1) is 0 Å². The lowest BCUT2D eigenvalue weighted by molar-refractivity contribution is 0.575. The van der Waals surface area contributed by atoms with Gasteiger partial charge in [-0.15, -0.1) is 34.2 Å². The van der Waals surface area contributed by atoms with Gasteiger partial charge in [-0.3, -0.25) is 4.99 Å². The van der Waals surface area contributed by atoms with Crippen molar-refractivity contribution in [1.82, 2.24) is 25.4 Å². The number of aromatic nitrogens is 3. The molecule has 2 heterocycles. The summed E-state index contributed by atoms with van der Waals surface area (Å²) in [4.78, 5) is 4.29. The van der Waals surface area contributed by atoms with Crippen LogP contribution in [0.4, 0.5) is 0 Å². The van der Waals surface area contributed by atoms with Gasteiger partial charge in [0.15, 0.2) is 5.96 Å². The molecule has 1 saturated heterocycles. The Balaban J connectivity index is 0.00000242. The van der Waals surface area contributed by atoms with Crippen molar-refractivity contribution in [3.63, 3.8) is 0 Å². The van der Waals surface area contributed by atoms with Gasteiger partial charge in [-0.1, -0.05) is 0 Å². The number of thioether (sulfide) groups is 1. The van der Waals surface area contributed by atoms with E-state index in [-0.39, 0.29) is 24.0 Å². The fourth-order valence-corrected chi connectivity index (χ4v) is 3.68. The van der Waals surface area contributed by atoms with Crippen LogP contribution in [-0.2, 0) is 6.54 Å². The first kappa shape index (κ1) is 19.5. The summed E-state index contributed by atoms with van der Waals surface area (Å²) in [5, 5.41) is 14.4. The summed E-state index contributed by atoms with van der Waals surface area (Å²) in [6.07, 6.45) is 8.35. The molecule has 2 N–H and O–H groups in total. The summed E-state index contributed by atoms with van der Waals surface area (Å²) in [7, 11) is 1.83. The van der Waals surface area contributed by atoms with E-state index in [1.54, 1.807) is 12.7 Å². The largest absolute Gasteiger partial charge is 0.356 e. The van der Waals surface area contributed by atoms with Crippen LogP contribution in [0.25, 0.3) is 0 Å². The van der Waals surface area contributed by atoms with Crippen molar-refractivity contribution in [2.75, 3.05) is 25.9 Å². The second-order valence-corrected chi connectivity index (χ2v) is 7.34. The average Bonchev–Trinajstić information content (AvgIpc) is 3.14. The quantitative estimate of drug-likeness (QED) is 0.296. The van der Waals surface area contributed by atoms with Gasteiger partial charge in [-0.25, -0.2) is 0 Å². The lowest BCUT2D eigenvalue weighted by Crippen LogP contribution is -2.43. The molecule has 1 atom stereocenters. The molecule has 1 unspecified atom stereocenters. The highest BCUT2D eigenvalue weighted by Gasteiger charge is 2.29. The maximum Gasteiger partial charge on any atom is 0.191 e. The van der Waals surface area contributed by atoms with Crippen molar-refractivity contribution >= 4 is 41.7 Å². The van der Waals surface area contributed by atoms with Crippen molar-refractivity contribution in [2.24, 2.45) is 4.99 Å². The number of unbranched alkanes of at least 4 members (excludes halogenated alkanes) is 1. The van der Waals surface area contributed by atoms with E-state index in [1.165, 1.54) is 18.6 Å². The Morgan fingerprint density at radius 2 is 2.09 bits per heavy atom. The van der Waals surface area contributed by atoms with Crippen LogP contribution in [-0.4, -0.2) is 51.4 Å². The van der Waals surface area contributed by atoms with E-state index in [4.69, 9.17) is 0 Å². The van der Waals surface area contributed by atoms with Crippen LogP contribution < -0.4 is 10.6 Å². The van der Waals surface area contributed by atoms with Crippen LogP contribution >= 0.6 is 35.7 Å². The summed E-state index contributed by atoms with van der Waals surface area (Å²) in [5.41, 5.74) is 0. The van der Waals surface area contributed by atoms with Crippen LogP contribution in [0.15, 0.2) is 17.6 Å². The minimum absolute atomic E-state index is 0. The smallest absolute Gasteiger partial charge is 0.191 e. The van der Waals surface area contributed by atoms with Gasteiger partial charge in [0.25, 0.3) is 0 Å². The Bertz CT molecular complexity index is 431. The fourth-order valence-electron chi connectivity index (χ4n) is 2.43. The Labute approximate surface area is 154 Å². The van der Waals surface area contributed by atoms with Crippen molar-refractivity contribution in [3.8, 4) is 0 Å². The molecule has 1 aromatic heterocycles. The second-order valence-electron chi connectivity index (χ2n) is 5.66. The molecule has 0 radical (unpaired) electrons. The number of aliphatic imine (C=N–C) groups is 1. The van der Waals surface area contributed by atoms with E-state index >= 15 is 0 Å². The molecule has 0 amide bonds. The van der Waals surface area contributed by atoms with Crippen molar-refractivity contribution in [1.29, 1.82) is 0 Å². The van der Waals surface area contributed by atoms with E-state index in [0.29, 0.717) is 4.75 Å². The molecule has 0 spiro atoms. The lowest BCUT2D eigenvalue weighted by atomic mass is 10.1. The Morgan fingerprint density at radius 1 is 1.32 bits per heavy atom. The first-order valence-electron chi connectivity index (χ1n) is 7.63. The van der Waals surface area contributed by atoms with Crippen molar-refractivity contribution in [3.05, 3.63) is 12.7 Å². The minimum Gasteiger partial charge on any atom is -0.356 e. The Morgan fingerprint density at radius 3 is 2.73 bits per heavy atom. The van der Waals surface area contributed by atoms with Crippen LogP contribution in [0.1, 0.15) is 32.6 Å². The first-order chi connectivity index (χ1) is 10.2. The number of aryl methyl sites for hydroxylation is 1. The third-order valence-electron chi connectivity index (χ3n) is 3.76. The summed E-state index contributed by atoms with van der Waals surface area (Å²) >= 11 is 2.07. The molecule has 0 aromatic carbocycles. The Kier molecular flexibility index (Phi) is 9.15. The normalized spacial score (nSPS) is 21.5. The van der Waals surface area contributed by atoms with Gasteiger partial charge in [0.2, 0.25) is 0 Å². The molecule has 22 heavy (non-hydrogen) atoms. The molecule has 0 bridgehead atoms. The number of guanidine groups is 1. The number of rotatable bonds is 7. The number of hydrogen-bond acceptors (Lipinski definition) is 4. The SMILES string of the molecule is CN=C(NCCCCn1cnnc1)NCC1(C)CCCS1.I. The fraction of sp³-hybridized carbons (Fsp3) is 0.786. The van der Waals surface area contributed by atoms with Crippen LogP contribution in [0.3, 0.4) is 0 Å². The van der Waals surface area contributed by atoms with Crippen LogP contribution in [0.5, 0.6) is 0 Å². The van der Waals surface area contributed by atoms with Gasteiger partial charge in [-0.2, -0.15) is 11.8 Å². The predicted octanol–water partition coefficient (Wildman–Crippen LogP) is 2.13. The molecular weight excluding hydrogens is 411 g/mol. The van der Waals surface area contributed by atoms with Crippen molar-refractivity contribution < 1.29 is 0 Å². The predicted molar refractivity (Wildman–Crippen MR) is 104 cm³/mol. The second kappa shape index (κ2) is 10.3. The van der Waals surface area contributed by atoms with E-state index in [9.17, 15) is 0 Å². The first-order valence-corrected chi connectivity index (χ1v) is 8.61. The highest BCUT2D eigenvalue weighted by molar-refractivity contribution is 14.0. The summed E-state index contributed by atoms with van der Waals surface area (Å²) in [5.74, 6) is 2.20. The zero-order valence-electron chi connectivity index (χ0n) is 13.4. The maximum atomic E-state index is 4.29. The highest BCUT2D eigenvalue weighted by Crippen LogP contribution is 2.36. The molecule has 1 aromatic rings. The van der Waals surface area contributed by atoms with E-state index < -0.39 is 0 Å². The van der Waals surface area contributed by atoms with Gasteiger partial charge < -0.3 is 15.2 Å². The van der Waals surface area contributed by atoms with E-state index in [1.807, 2.05) is 11.6 Å². The molecule has 0 aliphatic carbocycles. The van der Waals surface area contributed by atoms with Crippen LogP contribution in [0, 0.1) is 0 Å². The lowest BCUT2D eigenvalue weighted by Gasteiger charge is -2.24. The number of halogens is 1. The summed E-state index contributed by atoms with van der Waals surface area (Å²) in [6.45, 7) is 5.23. The molecular formula is C14H27IN6S. The van der Waals surface area contributed by atoms with Crippen LogP contribution in [0.2, 0.25) is 0 Å². The van der Waals surface area contributed by atoms with Gasteiger partial charge >= 0.3 is 0 Å². The monoisotopic (exact) mass is 438 g/mol. The standard InChI is InChI=1S/C14H26N6S.HI/c1-14(6-5-9-21-14)10-17-13(15-2)16-7-3-4-8-20-11-18-19-12-20;/h11-12H,3-10H2,1-2H3,(H2,15,16,17);1H. The summed E-state index contributed by atoms with van der Waals surface area (Å²) in [6, 6.07) is 0. The molecule has 126 valence electrons. The molecule has 1 aliphatic rings. The molecule has 1 fully saturated rings. The average molecular weight is 438 g/mol. The topological polar surface area (TPSA) is 67.1 Å². The van der Waals surface area contributed by atoms with Gasteiger partial charge in [-0.05, 0) is 38.4 Å². The number of nitrogens with zero attached hydrogens (tertiary/aromatic N) is 4. The van der Waals surface area contributed by atoms with E-state index in [0.717, 1.165) is 38.4 Å². The van der Waals surface area contributed by atoms with E-state index in [2.05, 4.69) is 44.5 Å². The number of hydrogen-bond donors (Lipinski definition) is 2. The molecule has 1 aliphatic heterocycles. The molecule has 8 heteroatoms. The Hall–Kier alpha value is -0.510. The number of nitrogens with one attached hydrogen (secondary N) is 2. The highest BCUT2D eigenvalue weighted by atomic mass is 127. The van der Waals surface area contributed by atoms with Crippen molar-refractivity contribution in [2.45, 2.75) is 43.9 Å². The van der Waals surface area contributed by atoms with Gasteiger partial charge in [0.1, 0.15) is 12.7 Å². The third kappa shape index (κ3) is 6.72. The molecule has 6 nitrogen and oxygen atoms in total. The maximum absolute atomic E-state index is 4.29. The summed E-state index contributed by atoms with van der Waals surface area (Å²) < 4.78 is 2.37.